The first kappa shape index (κ1) is 14.0. The van der Waals surface area contributed by atoms with Crippen molar-refractivity contribution < 1.29 is 5.11 Å². The summed E-state index contributed by atoms with van der Waals surface area (Å²) in [5.41, 5.74) is 0. The summed E-state index contributed by atoms with van der Waals surface area (Å²) in [4.78, 5) is 0. The molecule has 0 bridgehead atoms. The first-order chi connectivity index (χ1) is 6.85. The minimum Gasteiger partial charge on any atom is -0.396 e. The molecule has 0 spiro atoms. The second-order valence-electron chi connectivity index (χ2n) is 4.37. The second kappa shape index (κ2) is 11.0. The van der Waals surface area contributed by atoms with Gasteiger partial charge in [-0.05, 0) is 12.3 Å². The van der Waals surface area contributed by atoms with E-state index < -0.39 is 0 Å². The monoisotopic (exact) mass is 200 g/mol. The minimum absolute atomic E-state index is 0.377. The van der Waals surface area contributed by atoms with Crippen LogP contribution in [0.2, 0.25) is 0 Å². The van der Waals surface area contributed by atoms with Crippen molar-refractivity contribution in [1.82, 2.24) is 0 Å². The van der Waals surface area contributed by atoms with Crippen LogP contribution in [0.1, 0.15) is 71.6 Å². The average Bonchev–Trinajstić information content (AvgIpc) is 2.20. The Morgan fingerprint density at radius 2 is 1.43 bits per heavy atom. The van der Waals surface area contributed by atoms with E-state index in [1.165, 1.54) is 51.4 Å². The van der Waals surface area contributed by atoms with Crippen molar-refractivity contribution in [3.8, 4) is 0 Å². The Morgan fingerprint density at radius 1 is 0.786 bits per heavy atom. The largest absolute Gasteiger partial charge is 0.396 e. The molecule has 0 saturated heterocycles. The third-order valence-corrected chi connectivity index (χ3v) is 2.97. The number of rotatable bonds is 10. The van der Waals surface area contributed by atoms with Gasteiger partial charge in [-0.3, -0.25) is 0 Å². The Hall–Kier alpha value is -0.0400. The van der Waals surface area contributed by atoms with Gasteiger partial charge in [0.05, 0.1) is 0 Å². The topological polar surface area (TPSA) is 20.2 Å². The summed E-state index contributed by atoms with van der Waals surface area (Å²) in [5.74, 6) is 0.789. The molecule has 0 unspecified atom stereocenters. The zero-order valence-electron chi connectivity index (χ0n) is 10.1. The second-order valence-corrected chi connectivity index (χ2v) is 4.37. The highest BCUT2D eigenvalue weighted by atomic mass is 16.3. The number of aliphatic hydroxyl groups is 1. The Labute approximate surface area is 89.9 Å². The van der Waals surface area contributed by atoms with Crippen molar-refractivity contribution in [1.29, 1.82) is 0 Å². The maximum absolute atomic E-state index is 8.94. The molecule has 0 heterocycles. The lowest BCUT2D eigenvalue weighted by molar-refractivity contribution is 0.242. The predicted molar refractivity (Wildman–Crippen MR) is 63.5 cm³/mol. The molecule has 0 fully saturated rings. The van der Waals surface area contributed by atoms with Crippen molar-refractivity contribution in [3.05, 3.63) is 0 Å². The minimum atomic E-state index is 0.377. The van der Waals surface area contributed by atoms with Crippen molar-refractivity contribution >= 4 is 0 Å². The molecule has 1 nitrogen and oxygen atoms in total. The fraction of sp³-hybridized carbons (Fsp3) is 1.00. The third kappa shape index (κ3) is 8.55. The lowest BCUT2D eigenvalue weighted by Crippen LogP contribution is -2.03. The highest BCUT2D eigenvalue weighted by molar-refractivity contribution is 4.59. The molecule has 1 N–H and O–H groups in total. The van der Waals surface area contributed by atoms with Crippen LogP contribution in [0.15, 0.2) is 0 Å². The molecule has 14 heavy (non-hydrogen) atoms. The van der Waals surface area contributed by atoms with Gasteiger partial charge in [0.25, 0.3) is 0 Å². The highest BCUT2D eigenvalue weighted by Crippen LogP contribution is 2.20. The summed E-state index contributed by atoms with van der Waals surface area (Å²) in [6.45, 7) is 4.87. The molecule has 0 radical (unpaired) electrons. The van der Waals surface area contributed by atoms with E-state index in [0.717, 1.165) is 12.3 Å². The van der Waals surface area contributed by atoms with Crippen molar-refractivity contribution in [3.63, 3.8) is 0 Å². The summed E-state index contributed by atoms with van der Waals surface area (Å²) in [6, 6.07) is 0. The van der Waals surface area contributed by atoms with Crippen LogP contribution in [-0.2, 0) is 0 Å². The van der Waals surface area contributed by atoms with E-state index in [-0.39, 0.29) is 0 Å². The van der Waals surface area contributed by atoms with Gasteiger partial charge in [0.2, 0.25) is 0 Å². The molecule has 1 heteroatoms. The molecule has 1 atom stereocenters. The predicted octanol–water partition coefficient (Wildman–Crippen LogP) is 4.15. The van der Waals surface area contributed by atoms with Gasteiger partial charge in [-0.1, -0.05) is 65.2 Å². The standard InChI is InChI=1S/C13H28O/c1-3-5-7-8-10-13(11-12-14)9-6-4-2/h13-14H,3-12H2,1-2H3/t13-/m0/s1. The van der Waals surface area contributed by atoms with E-state index >= 15 is 0 Å². The smallest absolute Gasteiger partial charge is 0.0433 e. The Bertz CT molecular complexity index is 101. The van der Waals surface area contributed by atoms with Crippen LogP contribution in [-0.4, -0.2) is 11.7 Å². The summed E-state index contributed by atoms with van der Waals surface area (Å²) in [7, 11) is 0. The molecule has 0 aromatic rings. The Kier molecular flexibility index (Phi) is 11.0. The van der Waals surface area contributed by atoms with Crippen molar-refractivity contribution in [2.45, 2.75) is 71.6 Å². The first-order valence-corrected chi connectivity index (χ1v) is 6.46. The van der Waals surface area contributed by atoms with Crippen molar-refractivity contribution in [2.24, 2.45) is 5.92 Å². The van der Waals surface area contributed by atoms with Crippen LogP contribution in [0.5, 0.6) is 0 Å². The van der Waals surface area contributed by atoms with Crippen molar-refractivity contribution in [2.75, 3.05) is 6.61 Å². The quantitative estimate of drug-likeness (QED) is 0.525. The van der Waals surface area contributed by atoms with Gasteiger partial charge in [0.1, 0.15) is 0 Å². The molecule has 0 aromatic carbocycles. The van der Waals surface area contributed by atoms with Crippen LogP contribution >= 0.6 is 0 Å². The SMILES string of the molecule is CCCCCC[C@@H](CCO)CCCC. The third-order valence-electron chi connectivity index (χ3n) is 2.97. The van der Waals surface area contributed by atoms with E-state index in [0.29, 0.717) is 6.61 Å². The van der Waals surface area contributed by atoms with Crippen LogP contribution in [0, 0.1) is 5.92 Å². The van der Waals surface area contributed by atoms with Gasteiger partial charge >= 0.3 is 0 Å². The lowest BCUT2D eigenvalue weighted by atomic mass is 9.93. The molecular formula is C13H28O. The molecular weight excluding hydrogens is 172 g/mol. The van der Waals surface area contributed by atoms with E-state index in [2.05, 4.69) is 13.8 Å². The fourth-order valence-corrected chi connectivity index (χ4v) is 1.97. The van der Waals surface area contributed by atoms with Crippen LogP contribution in [0.3, 0.4) is 0 Å². The number of hydrogen-bond donors (Lipinski definition) is 1. The van der Waals surface area contributed by atoms with Gasteiger partial charge in [0.15, 0.2) is 0 Å². The van der Waals surface area contributed by atoms with E-state index in [1.807, 2.05) is 0 Å². The van der Waals surface area contributed by atoms with Gasteiger partial charge in [-0.15, -0.1) is 0 Å². The van der Waals surface area contributed by atoms with E-state index in [9.17, 15) is 0 Å². The van der Waals surface area contributed by atoms with Crippen LogP contribution in [0.25, 0.3) is 0 Å². The number of unbranched alkanes of at least 4 members (excludes halogenated alkanes) is 4. The number of aliphatic hydroxyl groups excluding tert-OH is 1. The average molecular weight is 200 g/mol. The fourth-order valence-electron chi connectivity index (χ4n) is 1.97. The Morgan fingerprint density at radius 3 is 2.00 bits per heavy atom. The maximum atomic E-state index is 8.94. The summed E-state index contributed by atoms with van der Waals surface area (Å²) >= 11 is 0. The number of hydrogen-bond acceptors (Lipinski definition) is 1. The van der Waals surface area contributed by atoms with Gasteiger partial charge in [-0.25, -0.2) is 0 Å². The lowest BCUT2D eigenvalue weighted by Gasteiger charge is -2.14. The zero-order valence-corrected chi connectivity index (χ0v) is 10.1. The highest BCUT2D eigenvalue weighted by Gasteiger charge is 2.06. The van der Waals surface area contributed by atoms with Crippen LogP contribution in [0.4, 0.5) is 0 Å². The first-order valence-electron chi connectivity index (χ1n) is 6.46. The molecule has 0 aliphatic carbocycles. The van der Waals surface area contributed by atoms with Gasteiger partial charge in [-0.2, -0.15) is 0 Å². The molecule has 0 aromatic heterocycles. The maximum Gasteiger partial charge on any atom is 0.0433 e. The molecule has 0 aliphatic heterocycles. The van der Waals surface area contributed by atoms with Gasteiger partial charge in [0, 0.05) is 6.61 Å². The summed E-state index contributed by atoms with van der Waals surface area (Å²) in [5, 5.41) is 8.94. The summed E-state index contributed by atoms with van der Waals surface area (Å²) < 4.78 is 0. The zero-order chi connectivity index (χ0) is 10.6. The van der Waals surface area contributed by atoms with E-state index in [1.54, 1.807) is 0 Å². The van der Waals surface area contributed by atoms with E-state index in [4.69, 9.17) is 5.11 Å². The molecule has 86 valence electrons. The molecule has 0 saturated carbocycles. The van der Waals surface area contributed by atoms with Gasteiger partial charge < -0.3 is 5.11 Å². The summed E-state index contributed by atoms with van der Waals surface area (Å²) in [6.07, 6.45) is 11.7. The molecule has 0 aliphatic rings. The normalized spacial score (nSPS) is 13.1. The molecule has 0 rings (SSSR count). The Balaban J connectivity index is 3.40. The molecule has 0 amide bonds. The van der Waals surface area contributed by atoms with Crippen LogP contribution < -0.4 is 0 Å².